The van der Waals surface area contributed by atoms with Crippen LogP contribution in [-0.2, 0) is 0 Å². The van der Waals surface area contributed by atoms with Crippen molar-refractivity contribution in [1.82, 2.24) is 5.32 Å². The number of nitro groups is 1. The Balaban J connectivity index is 3.02. The van der Waals surface area contributed by atoms with Gasteiger partial charge in [-0.15, -0.1) is 0 Å². The lowest BCUT2D eigenvalue weighted by molar-refractivity contribution is -0.384. The molecular formula is C9H11N3O4. The monoisotopic (exact) mass is 225 g/mol. The Kier molecular flexibility index (Phi) is 3.65. The van der Waals surface area contributed by atoms with Gasteiger partial charge in [0.05, 0.1) is 23.8 Å². The van der Waals surface area contributed by atoms with E-state index in [-0.39, 0.29) is 11.4 Å². The third-order valence-electron chi connectivity index (χ3n) is 1.87. The van der Waals surface area contributed by atoms with Crippen LogP contribution in [0, 0.1) is 10.1 Å². The Morgan fingerprint density at radius 1 is 1.50 bits per heavy atom. The third-order valence-corrected chi connectivity index (χ3v) is 1.87. The molecule has 0 spiro atoms. The predicted octanol–water partition coefficient (Wildman–Crippen LogP) is 1.35. The van der Waals surface area contributed by atoms with Gasteiger partial charge in [0.15, 0.2) is 0 Å². The lowest BCUT2D eigenvalue weighted by Gasteiger charge is -2.09. The molecule has 1 aromatic rings. The van der Waals surface area contributed by atoms with E-state index < -0.39 is 11.0 Å². The van der Waals surface area contributed by atoms with Crippen LogP contribution in [0.5, 0.6) is 5.75 Å². The number of urea groups is 1. The number of benzene rings is 1. The van der Waals surface area contributed by atoms with E-state index in [1.807, 2.05) is 0 Å². The maximum Gasteiger partial charge on any atom is 0.319 e. The number of amides is 2. The van der Waals surface area contributed by atoms with Crippen LogP contribution in [0.15, 0.2) is 18.2 Å². The number of hydrogen-bond acceptors (Lipinski definition) is 4. The van der Waals surface area contributed by atoms with Crippen LogP contribution < -0.4 is 15.4 Å². The van der Waals surface area contributed by atoms with E-state index in [0.717, 1.165) is 0 Å². The highest BCUT2D eigenvalue weighted by atomic mass is 16.6. The average molecular weight is 225 g/mol. The quantitative estimate of drug-likeness (QED) is 0.599. The maximum absolute atomic E-state index is 11.1. The highest BCUT2D eigenvalue weighted by Gasteiger charge is 2.12. The van der Waals surface area contributed by atoms with Crippen molar-refractivity contribution in [3.8, 4) is 5.75 Å². The summed E-state index contributed by atoms with van der Waals surface area (Å²) >= 11 is 0. The lowest BCUT2D eigenvalue weighted by Crippen LogP contribution is -2.24. The molecule has 0 atom stereocenters. The van der Waals surface area contributed by atoms with Crippen molar-refractivity contribution in [2.75, 3.05) is 19.5 Å². The van der Waals surface area contributed by atoms with E-state index >= 15 is 0 Å². The molecule has 1 rings (SSSR count). The van der Waals surface area contributed by atoms with Crippen LogP contribution in [0.2, 0.25) is 0 Å². The van der Waals surface area contributed by atoms with Gasteiger partial charge in [-0.25, -0.2) is 4.79 Å². The van der Waals surface area contributed by atoms with Crippen molar-refractivity contribution in [3.05, 3.63) is 28.3 Å². The molecule has 0 bridgehead atoms. The van der Waals surface area contributed by atoms with E-state index in [4.69, 9.17) is 4.74 Å². The van der Waals surface area contributed by atoms with Gasteiger partial charge in [0.2, 0.25) is 0 Å². The maximum atomic E-state index is 11.1. The van der Waals surface area contributed by atoms with Crippen LogP contribution in [0.25, 0.3) is 0 Å². The molecule has 1 aromatic carbocycles. The molecule has 86 valence electrons. The number of nitrogens with one attached hydrogen (secondary N) is 2. The molecule has 0 aliphatic heterocycles. The fraction of sp³-hybridized carbons (Fsp3) is 0.222. The minimum Gasteiger partial charge on any atom is -0.494 e. The first-order valence-corrected chi connectivity index (χ1v) is 4.39. The molecule has 0 saturated carbocycles. The van der Waals surface area contributed by atoms with Gasteiger partial charge in [0.25, 0.3) is 5.69 Å². The van der Waals surface area contributed by atoms with Crippen molar-refractivity contribution in [2.24, 2.45) is 0 Å². The average Bonchev–Trinajstić information content (AvgIpc) is 2.29. The van der Waals surface area contributed by atoms with Crippen LogP contribution in [0.4, 0.5) is 16.2 Å². The van der Waals surface area contributed by atoms with E-state index in [2.05, 4.69) is 10.6 Å². The lowest BCUT2D eigenvalue weighted by atomic mass is 10.2. The number of rotatable bonds is 3. The van der Waals surface area contributed by atoms with Gasteiger partial charge in [0, 0.05) is 13.1 Å². The second-order valence-electron chi connectivity index (χ2n) is 2.85. The molecule has 0 aliphatic rings. The molecular weight excluding hydrogens is 214 g/mol. The van der Waals surface area contributed by atoms with Crippen LogP contribution in [0.3, 0.4) is 0 Å². The Labute approximate surface area is 91.6 Å². The SMILES string of the molecule is CNC(=O)Nc1ccc([N+](=O)[O-])cc1OC. The predicted molar refractivity (Wildman–Crippen MR) is 57.7 cm³/mol. The van der Waals surface area contributed by atoms with Crippen molar-refractivity contribution in [2.45, 2.75) is 0 Å². The van der Waals surface area contributed by atoms with Gasteiger partial charge in [-0.1, -0.05) is 0 Å². The Morgan fingerprint density at radius 2 is 2.19 bits per heavy atom. The summed E-state index contributed by atoms with van der Waals surface area (Å²) in [6.45, 7) is 0. The molecule has 0 radical (unpaired) electrons. The number of ether oxygens (including phenoxy) is 1. The van der Waals surface area contributed by atoms with E-state index in [9.17, 15) is 14.9 Å². The van der Waals surface area contributed by atoms with Gasteiger partial charge in [0.1, 0.15) is 5.75 Å². The smallest absolute Gasteiger partial charge is 0.319 e. The zero-order valence-corrected chi connectivity index (χ0v) is 8.81. The second kappa shape index (κ2) is 4.96. The molecule has 0 saturated heterocycles. The van der Waals surface area contributed by atoms with Gasteiger partial charge in [-0.2, -0.15) is 0 Å². The van der Waals surface area contributed by atoms with Crippen molar-refractivity contribution >= 4 is 17.4 Å². The highest BCUT2D eigenvalue weighted by Crippen LogP contribution is 2.28. The van der Waals surface area contributed by atoms with E-state index in [0.29, 0.717) is 5.69 Å². The summed E-state index contributed by atoms with van der Waals surface area (Å²) < 4.78 is 4.93. The number of carbonyl (C=O) groups excluding carboxylic acids is 1. The molecule has 16 heavy (non-hydrogen) atoms. The highest BCUT2D eigenvalue weighted by molar-refractivity contribution is 5.90. The number of methoxy groups -OCH3 is 1. The van der Waals surface area contributed by atoms with Crippen LogP contribution >= 0.6 is 0 Å². The largest absolute Gasteiger partial charge is 0.494 e. The Bertz CT molecular complexity index is 419. The Hall–Kier alpha value is -2.31. The molecule has 2 amide bonds. The van der Waals surface area contributed by atoms with Gasteiger partial charge >= 0.3 is 6.03 Å². The van der Waals surface area contributed by atoms with Crippen LogP contribution in [-0.4, -0.2) is 25.1 Å². The summed E-state index contributed by atoms with van der Waals surface area (Å²) in [5.41, 5.74) is 0.270. The number of nitro benzene ring substituents is 1. The standard InChI is InChI=1S/C9H11N3O4/c1-10-9(13)11-7-4-3-6(12(14)15)5-8(7)16-2/h3-5H,1-2H3,(H2,10,11,13). The van der Waals surface area contributed by atoms with Gasteiger partial charge in [-0.05, 0) is 6.07 Å². The van der Waals surface area contributed by atoms with E-state index in [1.165, 1.54) is 32.4 Å². The van der Waals surface area contributed by atoms with Crippen LogP contribution in [0.1, 0.15) is 0 Å². The molecule has 0 fully saturated rings. The number of carbonyl (C=O) groups is 1. The summed E-state index contributed by atoms with van der Waals surface area (Å²) in [5, 5.41) is 15.4. The fourth-order valence-electron chi connectivity index (χ4n) is 1.08. The molecule has 0 aromatic heterocycles. The number of non-ortho nitro benzene ring substituents is 1. The molecule has 7 nitrogen and oxygen atoms in total. The first-order valence-electron chi connectivity index (χ1n) is 4.39. The van der Waals surface area contributed by atoms with Gasteiger partial charge in [-0.3, -0.25) is 10.1 Å². The summed E-state index contributed by atoms with van der Waals surface area (Å²) in [7, 11) is 2.83. The molecule has 0 heterocycles. The normalized spacial score (nSPS) is 9.38. The minimum absolute atomic E-state index is 0.0979. The molecule has 7 heteroatoms. The number of anilines is 1. The first-order chi connectivity index (χ1) is 7.58. The summed E-state index contributed by atoms with van der Waals surface area (Å²) in [6, 6.07) is 3.51. The summed E-state index contributed by atoms with van der Waals surface area (Å²) in [4.78, 5) is 21.0. The third kappa shape index (κ3) is 2.59. The van der Waals surface area contributed by atoms with Crippen molar-refractivity contribution < 1.29 is 14.5 Å². The Morgan fingerprint density at radius 3 is 2.69 bits per heavy atom. The number of nitrogens with zero attached hydrogens (tertiary/aromatic N) is 1. The van der Waals surface area contributed by atoms with Crippen molar-refractivity contribution in [1.29, 1.82) is 0 Å². The zero-order valence-electron chi connectivity index (χ0n) is 8.81. The summed E-state index contributed by atoms with van der Waals surface area (Å²) in [6.07, 6.45) is 0. The van der Waals surface area contributed by atoms with Crippen molar-refractivity contribution in [3.63, 3.8) is 0 Å². The topological polar surface area (TPSA) is 93.5 Å². The molecule has 0 unspecified atom stereocenters. The molecule has 0 aliphatic carbocycles. The summed E-state index contributed by atoms with van der Waals surface area (Å²) in [5.74, 6) is 0.234. The zero-order chi connectivity index (χ0) is 12.1. The number of hydrogen-bond donors (Lipinski definition) is 2. The second-order valence-corrected chi connectivity index (χ2v) is 2.85. The first kappa shape index (κ1) is 11.8. The molecule has 2 N–H and O–H groups in total. The van der Waals surface area contributed by atoms with Gasteiger partial charge < -0.3 is 15.4 Å². The van der Waals surface area contributed by atoms with E-state index in [1.54, 1.807) is 0 Å². The minimum atomic E-state index is -0.536. The fourth-order valence-corrected chi connectivity index (χ4v) is 1.08.